The Morgan fingerprint density at radius 3 is 3.11 bits per heavy atom. The summed E-state index contributed by atoms with van der Waals surface area (Å²) in [6.07, 6.45) is 0.178. The number of halogens is 1. The minimum Gasteiger partial charge on any atom is -0.375 e. The first-order chi connectivity index (χ1) is 8.65. The van der Waals surface area contributed by atoms with E-state index in [2.05, 4.69) is 10.6 Å². The van der Waals surface area contributed by atoms with E-state index >= 15 is 0 Å². The molecule has 0 aliphatic carbocycles. The zero-order valence-corrected chi connectivity index (χ0v) is 10.3. The number of carbonyl (C=O) groups excluding carboxylic acids is 1. The van der Waals surface area contributed by atoms with Crippen LogP contribution in [0.25, 0.3) is 0 Å². The Bertz CT molecular complexity index is 431. The second kappa shape index (κ2) is 5.93. The number of morpholine rings is 1. The molecule has 1 fully saturated rings. The van der Waals surface area contributed by atoms with Crippen LogP contribution in [0.15, 0.2) is 18.2 Å². The molecule has 0 bridgehead atoms. The molecule has 1 heterocycles. The van der Waals surface area contributed by atoms with E-state index in [9.17, 15) is 9.18 Å². The van der Waals surface area contributed by atoms with Gasteiger partial charge in [-0.3, -0.25) is 4.79 Å². The van der Waals surface area contributed by atoms with Gasteiger partial charge in [-0.25, -0.2) is 4.39 Å². The summed E-state index contributed by atoms with van der Waals surface area (Å²) in [5, 5.41) is 5.83. The molecule has 1 saturated heterocycles. The summed E-state index contributed by atoms with van der Waals surface area (Å²) >= 11 is 0. The summed E-state index contributed by atoms with van der Waals surface area (Å²) in [5.41, 5.74) is 1.04. The Hall–Kier alpha value is -1.46. The molecule has 1 atom stereocenters. The highest BCUT2D eigenvalue weighted by atomic mass is 19.1. The van der Waals surface area contributed by atoms with Gasteiger partial charge in [0.1, 0.15) is 5.82 Å². The van der Waals surface area contributed by atoms with Crippen LogP contribution in [0.3, 0.4) is 0 Å². The van der Waals surface area contributed by atoms with Crippen LogP contribution < -0.4 is 10.6 Å². The summed E-state index contributed by atoms with van der Waals surface area (Å²) < 4.78 is 18.7. The fourth-order valence-electron chi connectivity index (χ4n) is 1.84. The van der Waals surface area contributed by atoms with Gasteiger partial charge < -0.3 is 15.4 Å². The number of rotatable bonds is 3. The molecule has 98 valence electrons. The van der Waals surface area contributed by atoms with Crippen LogP contribution in [0.5, 0.6) is 0 Å². The first kappa shape index (κ1) is 13.0. The van der Waals surface area contributed by atoms with E-state index in [0.717, 1.165) is 6.54 Å². The summed E-state index contributed by atoms with van der Waals surface area (Å²) in [7, 11) is 0. The monoisotopic (exact) mass is 252 g/mol. The Kier molecular flexibility index (Phi) is 4.28. The molecule has 4 nitrogen and oxygen atoms in total. The third-order valence-electron chi connectivity index (χ3n) is 2.87. The normalized spacial score (nSPS) is 19.6. The third-order valence-corrected chi connectivity index (χ3v) is 2.87. The van der Waals surface area contributed by atoms with Gasteiger partial charge in [0.05, 0.1) is 19.1 Å². The van der Waals surface area contributed by atoms with Crippen molar-refractivity contribution in [2.45, 2.75) is 19.4 Å². The molecule has 0 radical (unpaired) electrons. The van der Waals surface area contributed by atoms with Crippen molar-refractivity contribution in [2.24, 2.45) is 0 Å². The Labute approximate surface area is 106 Å². The molecule has 2 N–H and O–H groups in total. The number of nitrogens with one attached hydrogen (secondary N) is 2. The van der Waals surface area contributed by atoms with Crippen molar-refractivity contribution in [3.63, 3.8) is 0 Å². The topological polar surface area (TPSA) is 50.4 Å². The fraction of sp³-hybridized carbons (Fsp3) is 0.462. The van der Waals surface area contributed by atoms with E-state index in [1.54, 1.807) is 19.1 Å². The van der Waals surface area contributed by atoms with Crippen molar-refractivity contribution >= 4 is 11.6 Å². The van der Waals surface area contributed by atoms with Crippen LogP contribution in [-0.4, -0.2) is 31.7 Å². The lowest BCUT2D eigenvalue weighted by molar-refractivity contribution is -0.119. The predicted molar refractivity (Wildman–Crippen MR) is 67.0 cm³/mol. The van der Waals surface area contributed by atoms with E-state index in [1.165, 1.54) is 6.07 Å². The molecular formula is C13H17FN2O2. The first-order valence-electron chi connectivity index (χ1n) is 6.03. The minimum absolute atomic E-state index is 0.103. The highest BCUT2D eigenvalue weighted by molar-refractivity contribution is 5.91. The molecular weight excluding hydrogens is 235 g/mol. The maximum atomic E-state index is 13.3. The van der Waals surface area contributed by atoms with Crippen LogP contribution in [0.2, 0.25) is 0 Å². The van der Waals surface area contributed by atoms with E-state index in [0.29, 0.717) is 24.4 Å². The van der Waals surface area contributed by atoms with Gasteiger partial charge in [-0.15, -0.1) is 0 Å². The van der Waals surface area contributed by atoms with Gasteiger partial charge >= 0.3 is 0 Å². The lowest BCUT2D eigenvalue weighted by atomic mass is 10.2. The van der Waals surface area contributed by atoms with Gasteiger partial charge in [-0.2, -0.15) is 0 Å². The second-order valence-electron chi connectivity index (χ2n) is 4.41. The van der Waals surface area contributed by atoms with Crippen LogP contribution in [-0.2, 0) is 9.53 Å². The summed E-state index contributed by atoms with van der Waals surface area (Å²) in [4.78, 5) is 11.7. The Morgan fingerprint density at radius 2 is 2.44 bits per heavy atom. The van der Waals surface area contributed by atoms with E-state index in [4.69, 9.17) is 4.74 Å². The number of aryl methyl sites for hydroxylation is 1. The van der Waals surface area contributed by atoms with Crippen LogP contribution in [0.4, 0.5) is 10.1 Å². The number of hydrogen-bond acceptors (Lipinski definition) is 3. The van der Waals surface area contributed by atoms with Gasteiger partial charge in [0, 0.05) is 18.8 Å². The van der Waals surface area contributed by atoms with E-state index in [-0.39, 0.29) is 24.2 Å². The van der Waals surface area contributed by atoms with Crippen molar-refractivity contribution < 1.29 is 13.9 Å². The summed E-state index contributed by atoms with van der Waals surface area (Å²) in [5.74, 6) is -0.477. The number of ether oxygens (including phenoxy) is 1. The predicted octanol–water partition coefficient (Wildman–Crippen LogP) is 1.45. The second-order valence-corrected chi connectivity index (χ2v) is 4.41. The van der Waals surface area contributed by atoms with Gasteiger partial charge in [-0.05, 0) is 24.6 Å². The molecule has 0 saturated carbocycles. The molecule has 1 aromatic carbocycles. The molecule has 1 aliphatic heterocycles. The zero-order chi connectivity index (χ0) is 13.0. The largest absolute Gasteiger partial charge is 0.375 e. The van der Waals surface area contributed by atoms with Crippen molar-refractivity contribution in [3.05, 3.63) is 29.6 Å². The Morgan fingerprint density at radius 1 is 1.61 bits per heavy atom. The van der Waals surface area contributed by atoms with Crippen molar-refractivity contribution in [1.82, 2.24) is 5.32 Å². The lowest BCUT2D eigenvalue weighted by Crippen LogP contribution is -2.40. The number of amides is 1. The Balaban J connectivity index is 1.88. The summed E-state index contributed by atoms with van der Waals surface area (Å²) in [6.45, 7) is 3.80. The smallest absolute Gasteiger partial charge is 0.227 e. The standard InChI is InChI=1S/C13H17FN2O2/c1-9-2-3-10(6-12(9)14)16-13(17)7-11-8-15-4-5-18-11/h2-3,6,11,15H,4-5,7-8H2,1H3,(H,16,17). The van der Waals surface area contributed by atoms with Crippen molar-refractivity contribution in [3.8, 4) is 0 Å². The third kappa shape index (κ3) is 3.51. The van der Waals surface area contributed by atoms with Gasteiger partial charge in [0.15, 0.2) is 0 Å². The number of benzene rings is 1. The summed E-state index contributed by atoms with van der Waals surface area (Å²) in [6, 6.07) is 4.66. The molecule has 2 rings (SSSR count). The maximum Gasteiger partial charge on any atom is 0.227 e. The average molecular weight is 252 g/mol. The van der Waals surface area contributed by atoms with E-state index in [1.807, 2.05) is 0 Å². The fourth-order valence-corrected chi connectivity index (χ4v) is 1.84. The molecule has 18 heavy (non-hydrogen) atoms. The minimum atomic E-state index is -0.316. The van der Waals surface area contributed by atoms with Crippen LogP contribution in [0, 0.1) is 12.7 Å². The molecule has 1 aromatic rings. The van der Waals surface area contributed by atoms with E-state index < -0.39 is 0 Å². The average Bonchev–Trinajstić information content (AvgIpc) is 2.35. The van der Waals surface area contributed by atoms with Crippen LogP contribution in [0.1, 0.15) is 12.0 Å². The first-order valence-corrected chi connectivity index (χ1v) is 6.03. The molecule has 0 aromatic heterocycles. The van der Waals surface area contributed by atoms with Gasteiger partial charge in [-0.1, -0.05) is 6.07 Å². The maximum absolute atomic E-state index is 13.3. The SMILES string of the molecule is Cc1ccc(NC(=O)CC2CNCCO2)cc1F. The van der Waals surface area contributed by atoms with Crippen molar-refractivity contribution in [2.75, 3.05) is 25.0 Å². The number of anilines is 1. The van der Waals surface area contributed by atoms with Gasteiger partial charge in [0.25, 0.3) is 0 Å². The molecule has 5 heteroatoms. The highest BCUT2D eigenvalue weighted by Crippen LogP contribution is 2.14. The van der Waals surface area contributed by atoms with Crippen LogP contribution >= 0.6 is 0 Å². The molecule has 1 amide bonds. The molecule has 1 unspecified atom stereocenters. The van der Waals surface area contributed by atoms with Crippen molar-refractivity contribution in [1.29, 1.82) is 0 Å². The zero-order valence-electron chi connectivity index (χ0n) is 10.3. The molecule has 1 aliphatic rings. The quantitative estimate of drug-likeness (QED) is 0.856. The highest BCUT2D eigenvalue weighted by Gasteiger charge is 2.17. The van der Waals surface area contributed by atoms with Gasteiger partial charge in [0.2, 0.25) is 5.91 Å². The number of carbonyl (C=O) groups is 1. The molecule has 0 spiro atoms. The number of hydrogen-bond donors (Lipinski definition) is 2. The lowest BCUT2D eigenvalue weighted by Gasteiger charge is -2.23.